The number of aliphatic hydroxyl groups is 2. The van der Waals surface area contributed by atoms with Gasteiger partial charge in [-0.2, -0.15) is 0 Å². The van der Waals surface area contributed by atoms with Gasteiger partial charge in [-0.05, 0) is 82.0 Å². The van der Waals surface area contributed by atoms with E-state index in [0.29, 0.717) is 31.1 Å². The molecular formula is C36H64O6. The van der Waals surface area contributed by atoms with Crippen LogP contribution in [-0.2, 0) is 19.1 Å². The molecule has 0 aromatic carbocycles. The van der Waals surface area contributed by atoms with Crippen LogP contribution in [0.5, 0.6) is 0 Å². The van der Waals surface area contributed by atoms with Gasteiger partial charge in [0.1, 0.15) is 13.2 Å². The van der Waals surface area contributed by atoms with E-state index in [9.17, 15) is 9.59 Å². The summed E-state index contributed by atoms with van der Waals surface area (Å²) in [6.45, 7) is 15.5. The minimum absolute atomic E-state index is 0.00694. The highest BCUT2D eigenvalue weighted by Gasteiger charge is 2.43. The van der Waals surface area contributed by atoms with Crippen LogP contribution in [-0.4, -0.2) is 48.6 Å². The summed E-state index contributed by atoms with van der Waals surface area (Å²) < 4.78 is 11.1. The highest BCUT2D eigenvalue weighted by atomic mass is 16.5. The molecule has 2 rings (SSSR count). The Bertz CT molecular complexity index is 759. The van der Waals surface area contributed by atoms with Gasteiger partial charge in [-0.15, -0.1) is 6.58 Å². The van der Waals surface area contributed by atoms with Crippen LogP contribution in [0.25, 0.3) is 0 Å². The maximum atomic E-state index is 12.1. The fourth-order valence-electron chi connectivity index (χ4n) is 6.98. The predicted molar refractivity (Wildman–Crippen MR) is 172 cm³/mol. The molecule has 1 atom stereocenters. The molecule has 2 aliphatic carbocycles. The van der Waals surface area contributed by atoms with Crippen LogP contribution in [0.15, 0.2) is 24.8 Å². The molecule has 2 aliphatic rings. The third-order valence-corrected chi connectivity index (χ3v) is 10.0. The molecule has 2 N–H and O–H groups in total. The van der Waals surface area contributed by atoms with Crippen molar-refractivity contribution in [2.45, 2.75) is 130 Å². The smallest absolute Gasteiger partial charge is 0.333 e. The molecule has 0 aromatic heterocycles. The predicted octanol–water partition coefficient (Wildman–Crippen LogP) is 8.20. The molecule has 6 heteroatoms. The minimum Gasteiger partial charge on any atom is -0.465 e. The Balaban J connectivity index is 0.000000962. The Hall–Kier alpha value is -1.66. The highest BCUT2D eigenvalue weighted by molar-refractivity contribution is 5.86. The van der Waals surface area contributed by atoms with E-state index in [1.165, 1.54) is 84.0 Å². The number of hydrogen-bond donors (Lipinski definition) is 2. The Morgan fingerprint density at radius 3 is 1.86 bits per heavy atom. The number of esters is 2. The fraction of sp³-hybridized carbons (Fsp3) is 0.833. The molecule has 0 bridgehead atoms. The lowest BCUT2D eigenvalue weighted by Crippen LogP contribution is -2.43. The van der Waals surface area contributed by atoms with E-state index >= 15 is 0 Å². The lowest BCUT2D eigenvalue weighted by molar-refractivity contribution is -0.155. The van der Waals surface area contributed by atoms with Crippen LogP contribution in [0.4, 0.5) is 0 Å². The second-order valence-corrected chi connectivity index (χ2v) is 13.2. The van der Waals surface area contributed by atoms with E-state index in [1.54, 1.807) is 13.0 Å². The second-order valence-electron chi connectivity index (χ2n) is 13.2. The number of aliphatic hydroxyl groups excluding tert-OH is 2. The zero-order chi connectivity index (χ0) is 31.4. The standard InChI is InChI=1S/C30H52O4.C6H12O2/c1-6-8-9-10-11-12-25-13-15-26(16-14-25)27-17-19-28(20-18-27)30(7-2,21-33-24(5)31)22-34-29(32)23(3)4;1-2-3-6(4-7)5-8/h25-28H,3,6-22H2,1-2,4-5H3;2,6-8H,1,3-5H2. The van der Waals surface area contributed by atoms with Gasteiger partial charge < -0.3 is 19.7 Å². The van der Waals surface area contributed by atoms with E-state index in [0.717, 1.165) is 37.0 Å². The van der Waals surface area contributed by atoms with E-state index < -0.39 is 0 Å². The molecule has 2 saturated carbocycles. The quantitative estimate of drug-likeness (QED) is 0.0721. The van der Waals surface area contributed by atoms with E-state index in [4.69, 9.17) is 19.7 Å². The maximum Gasteiger partial charge on any atom is 0.333 e. The first kappa shape index (κ1) is 38.4. The number of carbonyl (C=O) groups excluding carboxylic acids is 2. The summed E-state index contributed by atoms with van der Waals surface area (Å²) in [6.07, 6.45) is 22.1. The molecule has 244 valence electrons. The average Bonchev–Trinajstić information content (AvgIpc) is 3.00. The highest BCUT2D eigenvalue weighted by Crippen LogP contribution is 2.48. The number of unbranched alkanes of at least 4 members (excludes halogenated alkanes) is 4. The first-order valence-electron chi connectivity index (χ1n) is 16.9. The third-order valence-electron chi connectivity index (χ3n) is 10.0. The molecule has 0 spiro atoms. The zero-order valence-electron chi connectivity index (χ0n) is 27.5. The number of ether oxygens (including phenoxy) is 2. The summed E-state index contributed by atoms with van der Waals surface area (Å²) in [5.41, 5.74) is 0.120. The summed E-state index contributed by atoms with van der Waals surface area (Å²) >= 11 is 0. The van der Waals surface area contributed by atoms with Crippen molar-refractivity contribution >= 4 is 11.9 Å². The van der Waals surface area contributed by atoms with Gasteiger partial charge in [-0.25, -0.2) is 4.79 Å². The van der Waals surface area contributed by atoms with Crippen molar-refractivity contribution in [2.24, 2.45) is 35.0 Å². The van der Waals surface area contributed by atoms with Crippen molar-refractivity contribution in [3.63, 3.8) is 0 Å². The van der Waals surface area contributed by atoms with Crippen molar-refractivity contribution in [2.75, 3.05) is 26.4 Å². The van der Waals surface area contributed by atoms with Gasteiger partial charge in [0, 0.05) is 37.0 Å². The molecular weight excluding hydrogens is 528 g/mol. The van der Waals surface area contributed by atoms with Gasteiger partial charge in [0.2, 0.25) is 0 Å². The molecule has 1 unspecified atom stereocenters. The molecule has 0 radical (unpaired) electrons. The summed E-state index contributed by atoms with van der Waals surface area (Å²) in [6, 6.07) is 0. The number of carbonyl (C=O) groups is 2. The van der Waals surface area contributed by atoms with Gasteiger partial charge >= 0.3 is 11.9 Å². The molecule has 0 saturated heterocycles. The molecule has 0 aromatic rings. The van der Waals surface area contributed by atoms with Gasteiger partial charge in [0.25, 0.3) is 0 Å². The van der Waals surface area contributed by atoms with Crippen molar-refractivity contribution in [3.05, 3.63) is 24.8 Å². The Labute approximate surface area is 257 Å². The topological polar surface area (TPSA) is 93.1 Å². The molecule has 0 aliphatic heterocycles. The fourth-order valence-corrected chi connectivity index (χ4v) is 6.98. The SMILES string of the molecule is C=C(C)C(=O)OCC(CC)(COC(C)=O)C1CCC(C2CCC(CCCCCCC)CC2)CC1.C=CCC(CO)CO. The molecule has 0 heterocycles. The van der Waals surface area contributed by atoms with Crippen molar-refractivity contribution in [3.8, 4) is 0 Å². The van der Waals surface area contributed by atoms with Crippen LogP contribution < -0.4 is 0 Å². The molecule has 0 amide bonds. The molecule has 42 heavy (non-hydrogen) atoms. The van der Waals surface area contributed by atoms with Crippen LogP contribution in [0.2, 0.25) is 0 Å². The van der Waals surface area contributed by atoms with Crippen molar-refractivity contribution < 1.29 is 29.3 Å². The van der Waals surface area contributed by atoms with Gasteiger partial charge in [-0.3, -0.25) is 4.79 Å². The van der Waals surface area contributed by atoms with Gasteiger partial charge in [0.15, 0.2) is 0 Å². The van der Waals surface area contributed by atoms with E-state index in [-0.39, 0.29) is 36.5 Å². The first-order valence-corrected chi connectivity index (χ1v) is 16.9. The summed E-state index contributed by atoms with van der Waals surface area (Å²) in [4.78, 5) is 23.7. The van der Waals surface area contributed by atoms with Crippen molar-refractivity contribution in [1.29, 1.82) is 0 Å². The number of hydrogen-bond acceptors (Lipinski definition) is 6. The molecule has 2 fully saturated rings. The Morgan fingerprint density at radius 1 is 0.857 bits per heavy atom. The van der Waals surface area contributed by atoms with Crippen LogP contribution in [0.3, 0.4) is 0 Å². The number of rotatable bonds is 18. The second kappa shape index (κ2) is 21.9. The monoisotopic (exact) mass is 592 g/mol. The van der Waals surface area contributed by atoms with Crippen molar-refractivity contribution in [1.82, 2.24) is 0 Å². The zero-order valence-corrected chi connectivity index (χ0v) is 27.5. The van der Waals surface area contributed by atoms with E-state index in [1.807, 2.05) is 0 Å². The maximum absolute atomic E-state index is 12.1. The average molecular weight is 593 g/mol. The van der Waals surface area contributed by atoms with Crippen LogP contribution in [0, 0.1) is 35.0 Å². The summed E-state index contributed by atoms with van der Waals surface area (Å²) in [5.74, 6) is 2.49. The lowest BCUT2D eigenvalue weighted by Gasteiger charge is -2.44. The Morgan fingerprint density at radius 2 is 1.40 bits per heavy atom. The summed E-state index contributed by atoms with van der Waals surface area (Å²) in [5, 5.41) is 16.9. The Kier molecular flexibility index (Phi) is 20.0. The normalized spacial score (nSPS) is 23.7. The van der Waals surface area contributed by atoms with Crippen LogP contribution >= 0.6 is 0 Å². The number of allylic oxidation sites excluding steroid dienone is 1. The lowest BCUT2D eigenvalue weighted by atomic mass is 9.62. The van der Waals surface area contributed by atoms with Gasteiger partial charge in [0.05, 0.1) is 0 Å². The molecule has 6 nitrogen and oxygen atoms in total. The minimum atomic E-state index is -0.351. The van der Waals surface area contributed by atoms with Gasteiger partial charge in [-0.1, -0.05) is 77.9 Å². The first-order chi connectivity index (χ1) is 20.2. The van der Waals surface area contributed by atoms with E-state index in [2.05, 4.69) is 27.0 Å². The van der Waals surface area contributed by atoms with Crippen LogP contribution in [0.1, 0.15) is 130 Å². The third kappa shape index (κ3) is 14.2. The summed E-state index contributed by atoms with van der Waals surface area (Å²) in [7, 11) is 0. The largest absolute Gasteiger partial charge is 0.465 e.